The first-order valence-corrected chi connectivity index (χ1v) is 9.07. The van der Waals surface area contributed by atoms with Gasteiger partial charge in [0.2, 0.25) is 0 Å². The molecule has 4 heteroatoms. The minimum atomic E-state index is 0.0647. The number of rotatable bonds is 8. The summed E-state index contributed by atoms with van der Waals surface area (Å²) in [5.74, 6) is 0. The Morgan fingerprint density at radius 2 is 1.48 bits per heavy atom. The third-order valence-electron chi connectivity index (χ3n) is 4.28. The average Bonchev–Trinajstić information content (AvgIpc) is 2.71. The Morgan fingerprint density at radius 3 is 2.22 bits per heavy atom. The van der Waals surface area contributed by atoms with Crippen LogP contribution >= 0.6 is 0 Å². The fraction of sp³-hybridized carbons (Fsp3) is 0.174. The van der Waals surface area contributed by atoms with Gasteiger partial charge in [-0.3, -0.25) is 0 Å². The summed E-state index contributed by atoms with van der Waals surface area (Å²) >= 11 is 0. The molecule has 0 bridgehead atoms. The lowest BCUT2D eigenvalue weighted by atomic mass is 10.1. The molecule has 0 radical (unpaired) electrons. The second-order valence-corrected chi connectivity index (χ2v) is 6.17. The molecule has 0 aliphatic carbocycles. The number of hydrogen-bond donors (Lipinski definition) is 2. The summed E-state index contributed by atoms with van der Waals surface area (Å²) in [6, 6.07) is 20.2. The zero-order valence-electron chi connectivity index (χ0n) is 15.2. The number of pyridine rings is 1. The van der Waals surface area contributed by atoms with E-state index < -0.39 is 0 Å². The summed E-state index contributed by atoms with van der Waals surface area (Å²) < 4.78 is 0. The second kappa shape index (κ2) is 9.67. The van der Waals surface area contributed by atoms with E-state index in [2.05, 4.69) is 17.1 Å². The predicted molar refractivity (Wildman–Crippen MR) is 113 cm³/mol. The summed E-state index contributed by atoms with van der Waals surface area (Å²) in [4.78, 5) is 6.58. The van der Waals surface area contributed by atoms with E-state index in [9.17, 15) is 0 Å². The van der Waals surface area contributed by atoms with Gasteiger partial charge in [-0.1, -0.05) is 54.6 Å². The Hall–Kier alpha value is -2.95. The van der Waals surface area contributed by atoms with Crippen molar-refractivity contribution >= 4 is 28.7 Å². The molecule has 0 fully saturated rings. The van der Waals surface area contributed by atoms with E-state index in [4.69, 9.17) is 10.2 Å². The molecule has 0 saturated heterocycles. The van der Waals surface area contributed by atoms with Crippen LogP contribution in [0.5, 0.6) is 0 Å². The Kier molecular flexibility index (Phi) is 6.74. The van der Waals surface area contributed by atoms with E-state index in [0.29, 0.717) is 13.1 Å². The summed E-state index contributed by atoms with van der Waals surface area (Å²) in [6.07, 6.45) is 7.99. The second-order valence-electron chi connectivity index (χ2n) is 6.17. The molecule has 3 rings (SSSR count). The maximum absolute atomic E-state index is 9.13. The normalized spacial score (nSPS) is 11.6. The van der Waals surface area contributed by atoms with Crippen LogP contribution in [0.4, 0.5) is 5.69 Å². The number of allylic oxidation sites excluding steroid dienone is 2. The Balaban J connectivity index is 1.63. The number of benzene rings is 2. The molecule has 3 aromatic rings. The maximum Gasteiger partial charge on any atom is 0.0709 e. The number of fused-ring (bicyclic) bond motifs is 1. The number of hydrogen-bond acceptors (Lipinski definition) is 4. The number of aliphatic hydroxyl groups is 2. The van der Waals surface area contributed by atoms with Crippen LogP contribution in [0.25, 0.3) is 23.1 Å². The van der Waals surface area contributed by atoms with Gasteiger partial charge >= 0.3 is 0 Å². The van der Waals surface area contributed by atoms with Crippen LogP contribution in [0, 0.1) is 0 Å². The van der Waals surface area contributed by atoms with Crippen molar-refractivity contribution in [3.8, 4) is 0 Å². The molecule has 2 aromatic carbocycles. The van der Waals surface area contributed by atoms with E-state index in [0.717, 1.165) is 27.8 Å². The quantitative estimate of drug-likeness (QED) is 0.601. The summed E-state index contributed by atoms with van der Waals surface area (Å²) in [7, 11) is 0. The van der Waals surface area contributed by atoms with Crippen LogP contribution in [0.15, 0.2) is 72.8 Å². The van der Waals surface area contributed by atoms with Crippen molar-refractivity contribution in [1.29, 1.82) is 0 Å². The van der Waals surface area contributed by atoms with Gasteiger partial charge in [0.25, 0.3) is 0 Å². The number of para-hydroxylation sites is 1. The summed E-state index contributed by atoms with van der Waals surface area (Å²) in [5, 5.41) is 19.4. The molecule has 0 saturated carbocycles. The fourth-order valence-electron chi connectivity index (χ4n) is 2.90. The van der Waals surface area contributed by atoms with Gasteiger partial charge in [-0.05, 0) is 35.9 Å². The molecule has 0 amide bonds. The van der Waals surface area contributed by atoms with Gasteiger partial charge in [0.15, 0.2) is 0 Å². The van der Waals surface area contributed by atoms with Gasteiger partial charge in [-0.2, -0.15) is 0 Å². The maximum atomic E-state index is 9.13. The molecular formula is C23H24N2O2. The van der Waals surface area contributed by atoms with E-state index >= 15 is 0 Å². The lowest BCUT2D eigenvalue weighted by molar-refractivity contribution is 0.281. The molecule has 0 spiro atoms. The first-order chi connectivity index (χ1) is 13.3. The first kappa shape index (κ1) is 18.8. The first-order valence-electron chi connectivity index (χ1n) is 9.07. The van der Waals surface area contributed by atoms with E-state index in [-0.39, 0.29) is 13.2 Å². The van der Waals surface area contributed by atoms with Gasteiger partial charge in [0, 0.05) is 24.2 Å². The summed E-state index contributed by atoms with van der Waals surface area (Å²) in [6.45, 7) is 1.15. The molecule has 27 heavy (non-hydrogen) atoms. The van der Waals surface area contributed by atoms with E-state index in [1.165, 1.54) is 0 Å². The summed E-state index contributed by atoms with van der Waals surface area (Å²) in [5.41, 5.74) is 4.00. The smallest absolute Gasteiger partial charge is 0.0709 e. The number of nitrogens with zero attached hydrogens (tertiary/aromatic N) is 2. The number of anilines is 1. The standard InChI is InChI=1S/C23H24N2O2/c26-17-15-25(16-18-27)22-13-9-19(10-14-22)5-1-3-7-21-12-11-20-6-2-4-8-23(20)24-21/h1-14,26-27H,15-18H2/b5-1+,7-3+. The molecule has 0 unspecified atom stereocenters. The molecule has 1 aromatic heterocycles. The zero-order valence-corrected chi connectivity index (χ0v) is 15.2. The SMILES string of the molecule is OCCN(CCO)c1ccc(/C=C/C=C/c2ccc3ccccc3n2)cc1. The van der Waals surface area contributed by atoms with E-state index in [1.54, 1.807) is 0 Å². The number of aromatic nitrogens is 1. The van der Waals surface area contributed by atoms with Crippen molar-refractivity contribution in [2.24, 2.45) is 0 Å². The zero-order chi connectivity index (χ0) is 18.9. The number of aliphatic hydroxyl groups excluding tert-OH is 2. The lowest BCUT2D eigenvalue weighted by Crippen LogP contribution is -2.29. The van der Waals surface area contributed by atoms with Crippen molar-refractivity contribution in [2.45, 2.75) is 0 Å². The highest BCUT2D eigenvalue weighted by molar-refractivity contribution is 5.79. The molecular weight excluding hydrogens is 336 g/mol. The average molecular weight is 360 g/mol. The molecule has 0 aliphatic rings. The molecule has 2 N–H and O–H groups in total. The monoisotopic (exact) mass is 360 g/mol. The van der Waals surface area contributed by atoms with Gasteiger partial charge < -0.3 is 15.1 Å². The van der Waals surface area contributed by atoms with Crippen LogP contribution in [-0.2, 0) is 0 Å². The highest BCUT2D eigenvalue weighted by atomic mass is 16.3. The van der Waals surface area contributed by atoms with Gasteiger partial charge in [0.1, 0.15) is 0 Å². The van der Waals surface area contributed by atoms with Crippen LogP contribution in [0.2, 0.25) is 0 Å². The Labute approximate surface area is 159 Å². The van der Waals surface area contributed by atoms with Crippen molar-refractivity contribution in [3.05, 3.63) is 84.1 Å². The van der Waals surface area contributed by atoms with Crippen LogP contribution < -0.4 is 4.90 Å². The van der Waals surface area contributed by atoms with Gasteiger partial charge in [0.05, 0.1) is 24.4 Å². The van der Waals surface area contributed by atoms with Crippen molar-refractivity contribution < 1.29 is 10.2 Å². The van der Waals surface area contributed by atoms with E-state index in [1.807, 2.05) is 77.7 Å². The Bertz CT molecular complexity index is 911. The van der Waals surface area contributed by atoms with Gasteiger partial charge in [-0.15, -0.1) is 0 Å². The molecule has 4 nitrogen and oxygen atoms in total. The van der Waals surface area contributed by atoms with Crippen LogP contribution in [-0.4, -0.2) is 41.5 Å². The molecule has 138 valence electrons. The van der Waals surface area contributed by atoms with Gasteiger partial charge in [-0.25, -0.2) is 4.98 Å². The minimum absolute atomic E-state index is 0.0647. The lowest BCUT2D eigenvalue weighted by Gasteiger charge is -2.22. The van der Waals surface area contributed by atoms with Crippen LogP contribution in [0.3, 0.4) is 0 Å². The molecule has 0 aliphatic heterocycles. The highest BCUT2D eigenvalue weighted by Crippen LogP contribution is 2.16. The molecule has 0 atom stereocenters. The third-order valence-corrected chi connectivity index (χ3v) is 4.28. The predicted octanol–water partition coefficient (Wildman–Crippen LogP) is 3.75. The fourth-order valence-corrected chi connectivity index (χ4v) is 2.90. The topological polar surface area (TPSA) is 56.6 Å². The largest absolute Gasteiger partial charge is 0.395 e. The Morgan fingerprint density at radius 1 is 0.778 bits per heavy atom. The van der Waals surface area contributed by atoms with Crippen molar-refractivity contribution in [2.75, 3.05) is 31.2 Å². The van der Waals surface area contributed by atoms with Crippen molar-refractivity contribution in [3.63, 3.8) is 0 Å². The van der Waals surface area contributed by atoms with Crippen molar-refractivity contribution in [1.82, 2.24) is 4.98 Å². The third kappa shape index (κ3) is 5.26. The molecule has 1 heterocycles. The minimum Gasteiger partial charge on any atom is -0.395 e. The van der Waals surface area contributed by atoms with Crippen LogP contribution in [0.1, 0.15) is 11.3 Å². The highest BCUT2D eigenvalue weighted by Gasteiger charge is 2.04.